The van der Waals surface area contributed by atoms with Crippen LogP contribution in [0.2, 0.25) is 0 Å². The van der Waals surface area contributed by atoms with Gasteiger partial charge in [-0.2, -0.15) is 0 Å². The van der Waals surface area contributed by atoms with Gasteiger partial charge in [0.25, 0.3) is 0 Å². The Morgan fingerprint density at radius 3 is 2.45 bits per heavy atom. The van der Waals surface area contributed by atoms with Crippen molar-refractivity contribution in [1.29, 1.82) is 0 Å². The molecule has 0 aromatic heterocycles. The molecule has 1 saturated carbocycles. The summed E-state index contributed by atoms with van der Waals surface area (Å²) in [6, 6.07) is 7.28. The van der Waals surface area contributed by atoms with Gasteiger partial charge in [0.15, 0.2) is 6.23 Å². The lowest BCUT2D eigenvalue weighted by Gasteiger charge is -2.38. The van der Waals surface area contributed by atoms with Crippen molar-refractivity contribution in [2.75, 3.05) is 4.90 Å². The molecule has 0 radical (unpaired) electrons. The molecule has 158 valence electrons. The van der Waals surface area contributed by atoms with Crippen LogP contribution < -0.4 is 15.5 Å². The molecule has 8 nitrogen and oxygen atoms in total. The molecule has 4 N–H and O–H groups in total. The molecule has 29 heavy (non-hydrogen) atoms. The highest BCUT2D eigenvalue weighted by Crippen LogP contribution is 2.28. The van der Waals surface area contributed by atoms with Crippen LogP contribution in [-0.4, -0.2) is 46.4 Å². The van der Waals surface area contributed by atoms with Crippen LogP contribution in [-0.2, 0) is 9.59 Å². The minimum Gasteiger partial charge on any atom is -0.465 e. The Morgan fingerprint density at radius 2 is 1.79 bits per heavy atom. The van der Waals surface area contributed by atoms with Gasteiger partial charge in [0.05, 0.1) is 6.04 Å². The number of benzene rings is 1. The van der Waals surface area contributed by atoms with Crippen molar-refractivity contribution in [3.63, 3.8) is 0 Å². The largest absolute Gasteiger partial charge is 0.465 e. The highest BCUT2D eigenvalue weighted by molar-refractivity contribution is 5.95. The van der Waals surface area contributed by atoms with E-state index in [9.17, 15) is 19.5 Å². The number of carbonyl (C=O) groups is 3. The van der Waals surface area contributed by atoms with Crippen LogP contribution in [0.3, 0.4) is 0 Å². The molecule has 1 aliphatic heterocycles. The van der Waals surface area contributed by atoms with Crippen molar-refractivity contribution in [2.45, 2.75) is 69.7 Å². The van der Waals surface area contributed by atoms with E-state index in [4.69, 9.17) is 5.11 Å². The summed E-state index contributed by atoms with van der Waals surface area (Å²) in [5.41, 5.74) is 0.561. The second-order valence-corrected chi connectivity index (χ2v) is 7.91. The van der Waals surface area contributed by atoms with Crippen LogP contribution in [0.5, 0.6) is 0 Å². The Bertz CT molecular complexity index is 720. The molecule has 1 aliphatic carbocycles. The molecule has 1 aromatic carbocycles. The van der Waals surface area contributed by atoms with Gasteiger partial charge in [0.2, 0.25) is 11.8 Å². The van der Waals surface area contributed by atoms with Crippen LogP contribution in [0.1, 0.15) is 51.4 Å². The summed E-state index contributed by atoms with van der Waals surface area (Å²) in [5.74, 6) is -0.356. The fourth-order valence-electron chi connectivity index (χ4n) is 4.33. The normalized spacial score (nSPS) is 24.0. The highest BCUT2D eigenvalue weighted by Gasteiger charge is 2.37. The van der Waals surface area contributed by atoms with E-state index in [0.29, 0.717) is 24.4 Å². The molecule has 0 bridgehead atoms. The van der Waals surface area contributed by atoms with Crippen molar-refractivity contribution in [2.24, 2.45) is 5.92 Å². The lowest BCUT2D eigenvalue weighted by Crippen LogP contribution is -2.60. The highest BCUT2D eigenvalue weighted by atomic mass is 16.4. The van der Waals surface area contributed by atoms with Crippen LogP contribution >= 0.6 is 0 Å². The Morgan fingerprint density at radius 1 is 1.10 bits per heavy atom. The first-order valence-corrected chi connectivity index (χ1v) is 10.3. The fourth-order valence-corrected chi connectivity index (χ4v) is 4.33. The van der Waals surface area contributed by atoms with Gasteiger partial charge >= 0.3 is 6.09 Å². The number of aliphatic hydroxyl groups is 1. The van der Waals surface area contributed by atoms with E-state index in [-0.39, 0.29) is 12.3 Å². The van der Waals surface area contributed by atoms with Gasteiger partial charge in [0, 0.05) is 12.1 Å². The third kappa shape index (κ3) is 5.47. The average Bonchev–Trinajstić information content (AvgIpc) is 2.71. The summed E-state index contributed by atoms with van der Waals surface area (Å²) in [4.78, 5) is 37.7. The second kappa shape index (κ2) is 9.73. The van der Waals surface area contributed by atoms with E-state index < -0.39 is 30.3 Å². The van der Waals surface area contributed by atoms with Gasteiger partial charge in [-0.15, -0.1) is 0 Å². The molecule has 8 heteroatoms. The topological polar surface area (TPSA) is 119 Å². The number of hydrogen-bond donors (Lipinski definition) is 4. The minimum atomic E-state index is -1.24. The minimum absolute atomic E-state index is 0.191. The van der Waals surface area contributed by atoms with E-state index in [1.54, 1.807) is 24.3 Å². The second-order valence-electron chi connectivity index (χ2n) is 7.91. The number of hydrogen-bond acceptors (Lipinski definition) is 4. The molecule has 0 unspecified atom stereocenters. The molecule has 0 spiro atoms. The smallest absolute Gasteiger partial charge is 0.405 e. The van der Waals surface area contributed by atoms with Crippen molar-refractivity contribution in [3.8, 4) is 0 Å². The standard InChI is InChI=1S/C21H29N3O5/c25-18-12-11-16(20(27)24(18)15-9-5-2-6-10-15)22-19(26)17(23-21(28)29)13-14-7-3-1-4-8-14/h2,5-6,9-10,14,16-17,20,23,27H,1,3-4,7-8,11-13H2,(H,22,26)(H,28,29)/t16-,17+,20-/m1/s1. The van der Waals surface area contributed by atoms with Gasteiger partial charge in [-0.25, -0.2) is 4.79 Å². The number of piperidine rings is 1. The van der Waals surface area contributed by atoms with E-state index in [2.05, 4.69) is 10.6 Å². The first kappa shape index (κ1) is 21.1. The van der Waals surface area contributed by atoms with Crippen molar-refractivity contribution in [3.05, 3.63) is 30.3 Å². The summed E-state index contributed by atoms with van der Waals surface area (Å²) in [6.45, 7) is 0. The zero-order valence-electron chi connectivity index (χ0n) is 16.4. The number of aliphatic hydroxyl groups excluding tert-OH is 1. The van der Waals surface area contributed by atoms with Crippen LogP contribution in [0.25, 0.3) is 0 Å². The maximum atomic E-state index is 12.8. The molecule has 1 saturated heterocycles. The number of anilines is 1. The molecule has 2 fully saturated rings. The molecule has 1 heterocycles. The van der Waals surface area contributed by atoms with Crippen molar-refractivity contribution in [1.82, 2.24) is 10.6 Å². The first-order valence-electron chi connectivity index (χ1n) is 10.3. The molecule has 3 amide bonds. The zero-order valence-corrected chi connectivity index (χ0v) is 16.4. The third-order valence-electron chi connectivity index (χ3n) is 5.83. The summed E-state index contributed by atoms with van der Waals surface area (Å²) in [7, 11) is 0. The lowest BCUT2D eigenvalue weighted by atomic mass is 9.84. The number of rotatable bonds is 6. The number of carbonyl (C=O) groups excluding carboxylic acids is 2. The Kier molecular flexibility index (Phi) is 7.09. The first-order chi connectivity index (χ1) is 14.0. The van der Waals surface area contributed by atoms with E-state index >= 15 is 0 Å². The SMILES string of the molecule is O=C(O)N[C@@H](CC1CCCCC1)C(=O)N[C@@H]1CCC(=O)N(c2ccccc2)[C@@H]1O. The number of nitrogens with zero attached hydrogens (tertiary/aromatic N) is 1. The predicted molar refractivity (Wildman–Crippen MR) is 107 cm³/mol. The molecule has 1 aromatic rings. The maximum absolute atomic E-state index is 12.8. The predicted octanol–water partition coefficient (Wildman–Crippen LogP) is 2.22. The number of amides is 3. The Labute approximate surface area is 170 Å². The quantitative estimate of drug-likeness (QED) is 0.581. The zero-order chi connectivity index (χ0) is 20.8. The van der Waals surface area contributed by atoms with Gasteiger partial charge in [0.1, 0.15) is 6.04 Å². The lowest BCUT2D eigenvalue weighted by molar-refractivity contribution is -0.129. The van der Waals surface area contributed by atoms with Gasteiger partial charge < -0.3 is 20.8 Å². The average molecular weight is 403 g/mol. The van der Waals surface area contributed by atoms with E-state index in [1.807, 2.05) is 6.07 Å². The Hall–Kier alpha value is -2.61. The molecular formula is C21H29N3O5. The monoisotopic (exact) mass is 403 g/mol. The number of para-hydroxylation sites is 1. The maximum Gasteiger partial charge on any atom is 0.405 e. The summed E-state index contributed by atoms with van der Waals surface area (Å²) < 4.78 is 0. The van der Waals surface area contributed by atoms with Crippen LogP contribution in [0.15, 0.2) is 30.3 Å². The number of carboxylic acid groups (broad SMARTS) is 1. The summed E-state index contributed by atoms with van der Waals surface area (Å²) in [5, 5.41) is 25.0. The molecule has 3 atom stereocenters. The van der Waals surface area contributed by atoms with Crippen LogP contribution in [0.4, 0.5) is 10.5 Å². The van der Waals surface area contributed by atoms with E-state index in [0.717, 1.165) is 25.7 Å². The molecule has 3 rings (SSSR count). The van der Waals surface area contributed by atoms with Crippen LogP contribution in [0, 0.1) is 5.92 Å². The fraction of sp³-hybridized carbons (Fsp3) is 0.571. The molecule has 2 aliphatic rings. The Balaban J connectivity index is 1.67. The van der Waals surface area contributed by atoms with E-state index in [1.165, 1.54) is 11.3 Å². The summed E-state index contributed by atoms with van der Waals surface area (Å²) >= 11 is 0. The van der Waals surface area contributed by atoms with Gasteiger partial charge in [-0.3, -0.25) is 14.5 Å². The third-order valence-corrected chi connectivity index (χ3v) is 5.83. The van der Waals surface area contributed by atoms with Crippen molar-refractivity contribution < 1.29 is 24.6 Å². The number of nitrogens with one attached hydrogen (secondary N) is 2. The van der Waals surface area contributed by atoms with Gasteiger partial charge in [-0.1, -0.05) is 50.3 Å². The van der Waals surface area contributed by atoms with Gasteiger partial charge in [-0.05, 0) is 30.9 Å². The summed E-state index contributed by atoms with van der Waals surface area (Å²) in [6.07, 6.45) is 3.85. The van der Waals surface area contributed by atoms with Crippen molar-refractivity contribution >= 4 is 23.6 Å². The molecular weight excluding hydrogens is 374 g/mol.